The lowest BCUT2D eigenvalue weighted by Crippen LogP contribution is -2.29. The van der Waals surface area contributed by atoms with Crippen LogP contribution in [0.2, 0.25) is 15.1 Å². The highest BCUT2D eigenvalue weighted by Crippen LogP contribution is 2.49. The van der Waals surface area contributed by atoms with E-state index in [0.29, 0.717) is 11.3 Å². The molecule has 0 aromatic heterocycles. The predicted octanol–water partition coefficient (Wildman–Crippen LogP) is 6.44. The van der Waals surface area contributed by atoms with Crippen molar-refractivity contribution < 1.29 is 33.3 Å². The fraction of sp³-hybridized carbons (Fsp3) is 0.154. The highest BCUT2D eigenvalue weighted by Gasteiger charge is 2.48. The number of aliphatic hydroxyl groups is 1. The minimum Gasteiger partial charge on any atom is -0.507 e. The van der Waals surface area contributed by atoms with Gasteiger partial charge in [-0.1, -0.05) is 53.0 Å². The number of ether oxygens (including phenoxy) is 3. The molecule has 1 heterocycles. The van der Waals surface area contributed by atoms with Gasteiger partial charge >= 0.3 is 0 Å². The van der Waals surface area contributed by atoms with E-state index >= 15 is 0 Å². The van der Waals surface area contributed by atoms with E-state index in [0.717, 1.165) is 11.0 Å². The third kappa shape index (κ3) is 4.45. The number of anilines is 1. The molecular weight excluding hydrogens is 548 g/mol. The average molecular weight is 567 g/mol. The second-order valence-corrected chi connectivity index (χ2v) is 8.99. The largest absolute Gasteiger partial charge is 0.507 e. The lowest BCUT2D eigenvalue weighted by molar-refractivity contribution is -0.132. The van der Waals surface area contributed by atoms with Gasteiger partial charge in [-0.05, 0) is 30.3 Å². The summed E-state index contributed by atoms with van der Waals surface area (Å²) in [7, 11) is 4.08. The Balaban J connectivity index is 2.06. The van der Waals surface area contributed by atoms with Crippen molar-refractivity contribution in [3.05, 3.63) is 86.1 Å². The summed E-state index contributed by atoms with van der Waals surface area (Å²) < 4.78 is 30.0. The topological polar surface area (TPSA) is 85.3 Å². The lowest BCUT2D eigenvalue weighted by atomic mass is 9.94. The van der Waals surface area contributed by atoms with Crippen molar-refractivity contribution in [2.24, 2.45) is 0 Å². The molecule has 7 nitrogen and oxygen atoms in total. The van der Waals surface area contributed by atoms with Crippen molar-refractivity contribution in [3.8, 4) is 17.2 Å². The highest BCUT2D eigenvalue weighted by molar-refractivity contribution is 6.52. The molecule has 11 heteroatoms. The van der Waals surface area contributed by atoms with Gasteiger partial charge in [-0.15, -0.1) is 0 Å². The third-order valence-electron chi connectivity index (χ3n) is 5.85. The molecule has 1 N–H and O–H groups in total. The molecule has 1 unspecified atom stereocenters. The second kappa shape index (κ2) is 10.5. The Morgan fingerprint density at radius 1 is 0.919 bits per heavy atom. The standard InChI is InChI=1S/C26H19Cl3FNO6/c1-35-18-7-5-4-6-13(18)21-19(22(32)14-11-16(28)25(37-3)20(29)24(14)36-2)23(33)26(34)31(21)12-8-9-17(30)15(27)10-12/h4-11,21,32H,1-3H3/b22-19+. The lowest BCUT2D eigenvalue weighted by Gasteiger charge is -2.27. The quantitative estimate of drug-likeness (QED) is 0.210. The molecular formula is C26H19Cl3FNO6. The van der Waals surface area contributed by atoms with Gasteiger partial charge in [0.15, 0.2) is 11.5 Å². The molecule has 0 bridgehead atoms. The number of Topliss-reactive ketones (excluding diaryl/α,β-unsaturated/α-hetero) is 1. The average Bonchev–Trinajstić information content (AvgIpc) is 3.15. The number of carbonyl (C=O) groups excluding carboxylic acids is 2. The van der Waals surface area contributed by atoms with E-state index in [9.17, 15) is 19.1 Å². The second-order valence-electron chi connectivity index (χ2n) is 7.80. The fourth-order valence-electron chi connectivity index (χ4n) is 4.21. The minimum absolute atomic E-state index is 0.0308. The molecule has 1 aliphatic rings. The van der Waals surface area contributed by atoms with Gasteiger partial charge in [0.1, 0.15) is 22.3 Å². The van der Waals surface area contributed by atoms with Gasteiger partial charge < -0.3 is 19.3 Å². The molecule has 3 aromatic rings. The number of hydrogen-bond donors (Lipinski definition) is 1. The zero-order chi connectivity index (χ0) is 27.0. The smallest absolute Gasteiger partial charge is 0.300 e. The van der Waals surface area contributed by atoms with Crippen molar-refractivity contribution in [1.82, 2.24) is 0 Å². The van der Waals surface area contributed by atoms with Gasteiger partial charge in [-0.3, -0.25) is 14.5 Å². The zero-order valence-corrected chi connectivity index (χ0v) is 21.9. The number of hydrogen-bond acceptors (Lipinski definition) is 6. The van der Waals surface area contributed by atoms with Gasteiger partial charge in [0, 0.05) is 11.3 Å². The van der Waals surface area contributed by atoms with Gasteiger partial charge in [-0.2, -0.15) is 0 Å². The number of methoxy groups -OCH3 is 3. The molecule has 0 saturated carbocycles. The molecule has 4 rings (SSSR count). The molecule has 0 radical (unpaired) electrons. The van der Waals surface area contributed by atoms with Crippen molar-refractivity contribution in [2.75, 3.05) is 26.2 Å². The first-order valence-corrected chi connectivity index (χ1v) is 11.8. The third-order valence-corrected chi connectivity index (χ3v) is 6.77. The molecule has 0 aliphatic carbocycles. The number of rotatable bonds is 6. The summed E-state index contributed by atoms with van der Waals surface area (Å²) >= 11 is 18.7. The Hall–Kier alpha value is -3.46. The summed E-state index contributed by atoms with van der Waals surface area (Å²) in [6, 6.07) is 10.3. The minimum atomic E-state index is -1.19. The van der Waals surface area contributed by atoms with Crippen LogP contribution in [0.1, 0.15) is 17.2 Å². The Kier molecular flexibility index (Phi) is 7.54. The van der Waals surface area contributed by atoms with Crippen molar-refractivity contribution >= 4 is 57.9 Å². The van der Waals surface area contributed by atoms with Gasteiger partial charge in [-0.25, -0.2) is 4.39 Å². The van der Waals surface area contributed by atoms with Crippen LogP contribution < -0.4 is 19.1 Å². The first-order valence-electron chi connectivity index (χ1n) is 10.7. The van der Waals surface area contributed by atoms with E-state index in [1.54, 1.807) is 24.3 Å². The molecule has 1 amide bonds. The molecule has 1 saturated heterocycles. The molecule has 1 aliphatic heterocycles. The summed E-state index contributed by atoms with van der Waals surface area (Å²) in [6.45, 7) is 0. The summed E-state index contributed by atoms with van der Waals surface area (Å²) in [5.41, 5.74) is 0.149. The molecule has 1 atom stereocenters. The van der Waals surface area contributed by atoms with Crippen molar-refractivity contribution in [1.29, 1.82) is 0 Å². The summed E-state index contributed by atoms with van der Waals surface area (Å²) in [6.07, 6.45) is 0. The van der Waals surface area contributed by atoms with E-state index in [1.165, 1.54) is 39.5 Å². The number of nitrogens with zero attached hydrogens (tertiary/aromatic N) is 1. The maximum atomic E-state index is 13.9. The number of carbonyl (C=O) groups is 2. The molecule has 0 spiro atoms. The van der Waals surface area contributed by atoms with Crippen molar-refractivity contribution in [2.45, 2.75) is 6.04 Å². The fourth-order valence-corrected chi connectivity index (χ4v) is 5.07. The molecule has 1 fully saturated rings. The predicted molar refractivity (Wildman–Crippen MR) is 139 cm³/mol. The summed E-state index contributed by atoms with van der Waals surface area (Å²) in [5, 5.41) is 11.2. The number of benzene rings is 3. The number of para-hydroxylation sites is 1. The molecule has 3 aromatic carbocycles. The zero-order valence-electron chi connectivity index (χ0n) is 19.6. The Morgan fingerprint density at radius 2 is 1.59 bits per heavy atom. The maximum absolute atomic E-state index is 13.9. The number of halogens is 4. The van der Waals surface area contributed by atoms with Crippen LogP contribution in [0.15, 0.2) is 54.1 Å². The highest BCUT2D eigenvalue weighted by atomic mass is 35.5. The first kappa shape index (κ1) is 26.6. The first-order chi connectivity index (χ1) is 17.7. The monoisotopic (exact) mass is 565 g/mol. The van der Waals surface area contributed by atoms with Crippen LogP contribution in [0.5, 0.6) is 17.2 Å². The van der Waals surface area contributed by atoms with Crippen LogP contribution in [0.4, 0.5) is 10.1 Å². The normalized spacial score (nSPS) is 16.7. The van der Waals surface area contributed by atoms with E-state index in [2.05, 4.69) is 0 Å². The van der Waals surface area contributed by atoms with Crippen LogP contribution in [-0.4, -0.2) is 38.1 Å². The van der Waals surface area contributed by atoms with Crippen LogP contribution in [0.25, 0.3) is 5.76 Å². The summed E-state index contributed by atoms with van der Waals surface area (Å²) in [5.74, 6) is -2.91. The van der Waals surface area contributed by atoms with Crippen LogP contribution in [0.3, 0.4) is 0 Å². The van der Waals surface area contributed by atoms with Gasteiger partial charge in [0.05, 0.1) is 48.6 Å². The number of aliphatic hydroxyl groups excluding tert-OH is 1. The maximum Gasteiger partial charge on any atom is 0.300 e. The molecule has 192 valence electrons. The van der Waals surface area contributed by atoms with Gasteiger partial charge in [0.25, 0.3) is 11.7 Å². The number of amides is 1. The van der Waals surface area contributed by atoms with E-state index < -0.39 is 29.3 Å². The van der Waals surface area contributed by atoms with Gasteiger partial charge in [0.2, 0.25) is 0 Å². The Labute approximate surface area is 226 Å². The van der Waals surface area contributed by atoms with Crippen molar-refractivity contribution in [3.63, 3.8) is 0 Å². The molecule has 37 heavy (non-hydrogen) atoms. The van der Waals surface area contributed by atoms with Crippen LogP contribution in [0, 0.1) is 5.82 Å². The van der Waals surface area contributed by atoms with Crippen LogP contribution >= 0.6 is 34.8 Å². The Bertz CT molecular complexity index is 1460. The van der Waals surface area contributed by atoms with E-state index in [4.69, 9.17) is 49.0 Å². The SMILES string of the molecule is COc1ccccc1C1/C(=C(\O)c2cc(Cl)c(OC)c(Cl)c2OC)C(=O)C(=O)N1c1ccc(F)c(Cl)c1. The Morgan fingerprint density at radius 3 is 2.22 bits per heavy atom. The van der Waals surface area contributed by atoms with E-state index in [-0.39, 0.29) is 43.4 Å². The summed E-state index contributed by atoms with van der Waals surface area (Å²) in [4.78, 5) is 27.9. The number of ketones is 1. The van der Waals surface area contributed by atoms with Crippen LogP contribution in [-0.2, 0) is 9.59 Å². The van der Waals surface area contributed by atoms with E-state index in [1.807, 2.05) is 0 Å².